The van der Waals surface area contributed by atoms with Crippen LogP contribution >= 0.6 is 0 Å². The standard InChI is InChI=1S/C23H35N5O6/c1-22(2,3)32-20(29)18(34-24)15-31-17-8-9-19(26-14-17)28-13-12-27(16-28)11-7-10-25-21(30)33-23(4,5)6/h8-9,12-14,16,18H,7,10-11,15,24H2,1-6H3/p+1. The van der Waals surface area contributed by atoms with Crippen LogP contribution in [0.1, 0.15) is 48.0 Å². The first-order valence-corrected chi connectivity index (χ1v) is 11.1. The number of hydrogen-bond donors (Lipinski definition) is 2. The van der Waals surface area contributed by atoms with Crippen LogP contribution in [-0.2, 0) is 25.7 Å². The lowest BCUT2D eigenvalue weighted by atomic mass is 10.2. The number of nitrogens with one attached hydrogen (secondary N) is 1. The van der Waals surface area contributed by atoms with Gasteiger partial charge < -0.3 is 19.5 Å². The average Bonchev–Trinajstić information content (AvgIpc) is 3.18. The molecule has 188 valence electrons. The zero-order chi connectivity index (χ0) is 25.4. The van der Waals surface area contributed by atoms with Crippen LogP contribution in [0.4, 0.5) is 4.79 Å². The third-order valence-electron chi connectivity index (χ3n) is 4.17. The highest BCUT2D eigenvalue weighted by Crippen LogP contribution is 2.14. The molecular weight excluding hydrogens is 442 g/mol. The molecule has 0 aliphatic heterocycles. The monoisotopic (exact) mass is 478 g/mol. The van der Waals surface area contributed by atoms with Crippen molar-refractivity contribution in [3.63, 3.8) is 0 Å². The van der Waals surface area contributed by atoms with Crippen molar-refractivity contribution in [3.05, 3.63) is 37.1 Å². The molecule has 1 atom stereocenters. The van der Waals surface area contributed by atoms with Crippen molar-refractivity contribution < 1.29 is 33.2 Å². The molecule has 0 bridgehead atoms. The number of carbonyl (C=O) groups excluding carboxylic acids is 2. The van der Waals surface area contributed by atoms with E-state index in [1.54, 1.807) is 39.1 Å². The van der Waals surface area contributed by atoms with Crippen molar-refractivity contribution in [1.29, 1.82) is 0 Å². The van der Waals surface area contributed by atoms with Crippen molar-refractivity contribution in [2.45, 2.75) is 71.8 Å². The van der Waals surface area contributed by atoms with Gasteiger partial charge in [0.1, 0.15) is 36.0 Å². The number of alkyl carbamates (subject to hydrolysis) is 1. The van der Waals surface area contributed by atoms with Gasteiger partial charge in [-0.15, -0.1) is 0 Å². The minimum absolute atomic E-state index is 0.104. The maximum atomic E-state index is 12.1. The highest BCUT2D eigenvalue weighted by molar-refractivity contribution is 5.75. The molecule has 0 aromatic carbocycles. The Morgan fingerprint density at radius 3 is 2.44 bits per heavy atom. The number of amides is 1. The lowest BCUT2D eigenvalue weighted by Crippen LogP contribution is -2.38. The number of pyridine rings is 1. The average molecular weight is 479 g/mol. The second-order valence-electron chi connectivity index (χ2n) is 9.66. The van der Waals surface area contributed by atoms with Gasteiger partial charge >= 0.3 is 12.1 Å². The van der Waals surface area contributed by atoms with Gasteiger partial charge in [-0.25, -0.2) is 25.0 Å². The lowest BCUT2D eigenvalue weighted by Gasteiger charge is -2.22. The van der Waals surface area contributed by atoms with Crippen LogP contribution in [-0.4, -0.2) is 52.1 Å². The Bertz CT molecular complexity index is 931. The summed E-state index contributed by atoms with van der Waals surface area (Å²) in [5.41, 5.74) is -1.17. The van der Waals surface area contributed by atoms with E-state index >= 15 is 0 Å². The quantitative estimate of drug-likeness (QED) is 0.230. The number of esters is 1. The number of aromatic nitrogens is 3. The van der Waals surface area contributed by atoms with E-state index in [4.69, 9.17) is 24.9 Å². The van der Waals surface area contributed by atoms with Crippen molar-refractivity contribution in [2.24, 2.45) is 5.90 Å². The Hall–Kier alpha value is -3.18. The van der Waals surface area contributed by atoms with Gasteiger partial charge in [-0.1, -0.05) is 0 Å². The van der Waals surface area contributed by atoms with Crippen LogP contribution in [0.3, 0.4) is 0 Å². The van der Waals surface area contributed by atoms with Gasteiger partial charge in [0, 0.05) is 19.0 Å². The van der Waals surface area contributed by atoms with Crippen LogP contribution in [0.25, 0.3) is 5.82 Å². The molecule has 2 rings (SSSR count). The van der Waals surface area contributed by atoms with E-state index in [2.05, 4.69) is 10.3 Å². The van der Waals surface area contributed by atoms with Gasteiger partial charge in [0.05, 0.1) is 12.7 Å². The van der Waals surface area contributed by atoms with Crippen LogP contribution < -0.4 is 20.5 Å². The third kappa shape index (κ3) is 9.75. The maximum Gasteiger partial charge on any atom is 0.407 e. The summed E-state index contributed by atoms with van der Waals surface area (Å²) in [5, 5.41) is 2.74. The Morgan fingerprint density at radius 2 is 1.85 bits per heavy atom. The molecule has 2 aromatic rings. The fraction of sp³-hybridized carbons (Fsp3) is 0.565. The summed E-state index contributed by atoms with van der Waals surface area (Å²) in [6.07, 6.45) is 6.53. The molecule has 0 spiro atoms. The van der Waals surface area contributed by atoms with E-state index in [1.807, 2.05) is 48.6 Å². The molecule has 1 amide bonds. The summed E-state index contributed by atoms with van der Waals surface area (Å²) in [6, 6.07) is 3.52. The van der Waals surface area contributed by atoms with E-state index in [9.17, 15) is 9.59 Å². The highest BCUT2D eigenvalue weighted by atomic mass is 16.7. The Morgan fingerprint density at radius 1 is 1.15 bits per heavy atom. The summed E-state index contributed by atoms with van der Waals surface area (Å²) in [7, 11) is 0. The smallest absolute Gasteiger partial charge is 0.407 e. The van der Waals surface area contributed by atoms with E-state index in [0.717, 1.165) is 13.0 Å². The number of ether oxygens (including phenoxy) is 3. The molecule has 2 heterocycles. The summed E-state index contributed by atoms with van der Waals surface area (Å²) < 4.78 is 19.9. The lowest BCUT2D eigenvalue weighted by molar-refractivity contribution is -0.696. The zero-order valence-corrected chi connectivity index (χ0v) is 20.7. The zero-order valence-electron chi connectivity index (χ0n) is 20.7. The number of aryl methyl sites for hydroxylation is 1. The van der Waals surface area contributed by atoms with Gasteiger partial charge in [0.25, 0.3) is 0 Å². The molecule has 0 saturated heterocycles. The molecule has 0 fully saturated rings. The van der Waals surface area contributed by atoms with Crippen LogP contribution in [0.5, 0.6) is 5.75 Å². The Labute approximate surface area is 200 Å². The fourth-order valence-electron chi connectivity index (χ4n) is 2.74. The molecule has 0 radical (unpaired) electrons. The fourth-order valence-corrected chi connectivity index (χ4v) is 2.74. The van der Waals surface area contributed by atoms with Gasteiger partial charge in [0.2, 0.25) is 18.2 Å². The van der Waals surface area contributed by atoms with Gasteiger partial charge in [-0.05, 0) is 47.6 Å². The van der Waals surface area contributed by atoms with Crippen molar-refractivity contribution in [3.8, 4) is 11.6 Å². The summed E-state index contributed by atoms with van der Waals surface area (Å²) in [5.74, 6) is 5.77. The molecule has 1 unspecified atom stereocenters. The minimum atomic E-state index is -1.05. The number of rotatable bonds is 10. The van der Waals surface area contributed by atoms with E-state index in [0.29, 0.717) is 18.1 Å². The van der Waals surface area contributed by atoms with E-state index in [-0.39, 0.29) is 6.61 Å². The number of nitrogens with zero attached hydrogens (tertiary/aromatic N) is 3. The first-order valence-electron chi connectivity index (χ1n) is 11.1. The summed E-state index contributed by atoms with van der Waals surface area (Å²) in [4.78, 5) is 32.8. The van der Waals surface area contributed by atoms with Gasteiger partial charge in [-0.3, -0.25) is 4.84 Å². The minimum Gasteiger partial charge on any atom is -0.489 e. The molecule has 0 aliphatic carbocycles. The number of nitrogens with two attached hydrogens (primary N) is 1. The number of hydrogen-bond acceptors (Lipinski definition) is 8. The summed E-state index contributed by atoms with van der Waals surface area (Å²) >= 11 is 0. The highest BCUT2D eigenvalue weighted by Gasteiger charge is 2.26. The molecule has 34 heavy (non-hydrogen) atoms. The first kappa shape index (κ1) is 27.1. The van der Waals surface area contributed by atoms with Crippen molar-refractivity contribution in [1.82, 2.24) is 14.9 Å². The third-order valence-corrected chi connectivity index (χ3v) is 4.17. The molecule has 0 saturated carbocycles. The first-order chi connectivity index (χ1) is 15.9. The SMILES string of the molecule is CC(C)(C)OC(=O)NCCC[n+]1ccn(-c2ccc(OCC(ON)C(=O)OC(C)(C)C)cn2)c1. The molecule has 0 aliphatic rings. The van der Waals surface area contributed by atoms with Crippen LogP contribution in [0, 0.1) is 0 Å². The van der Waals surface area contributed by atoms with Crippen LogP contribution in [0.15, 0.2) is 37.1 Å². The van der Waals surface area contributed by atoms with Gasteiger partial charge in [-0.2, -0.15) is 4.57 Å². The second kappa shape index (κ2) is 11.8. The van der Waals surface area contributed by atoms with Crippen molar-refractivity contribution >= 4 is 12.1 Å². The van der Waals surface area contributed by atoms with E-state index in [1.165, 1.54) is 0 Å². The summed E-state index contributed by atoms with van der Waals surface area (Å²) in [6.45, 7) is 11.9. The molecular formula is C23H36N5O6+. The Balaban J connectivity index is 1.81. The van der Waals surface area contributed by atoms with Crippen LogP contribution in [0.2, 0.25) is 0 Å². The molecule has 11 heteroatoms. The predicted molar refractivity (Wildman–Crippen MR) is 123 cm³/mol. The maximum absolute atomic E-state index is 12.1. The molecule has 3 N–H and O–H groups in total. The Kier molecular flexibility index (Phi) is 9.39. The predicted octanol–water partition coefficient (Wildman–Crippen LogP) is 2.05. The number of carbonyl (C=O) groups is 2. The molecule has 2 aromatic heterocycles. The van der Waals surface area contributed by atoms with Gasteiger partial charge in [0.15, 0.2) is 0 Å². The largest absolute Gasteiger partial charge is 0.489 e. The van der Waals surface area contributed by atoms with E-state index < -0.39 is 29.4 Å². The normalized spacial score (nSPS) is 12.7. The molecule has 11 nitrogen and oxygen atoms in total. The second-order valence-corrected chi connectivity index (χ2v) is 9.66. The number of imidazole rings is 1. The van der Waals surface area contributed by atoms with Crippen molar-refractivity contribution in [2.75, 3.05) is 13.2 Å². The topological polar surface area (TPSA) is 131 Å².